The van der Waals surface area contributed by atoms with Crippen LogP contribution < -0.4 is 10.9 Å². The molecule has 7 nitrogen and oxygen atoms in total. The first-order valence-corrected chi connectivity index (χ1v) is 10.2. The van der Waals surface area contributed by atoms with Crippen molar-refractivity contribution in [1.29, 1.82) is 0 Å². The monoisotopic (exact) mass is 413 g/mol. The van der Waals surface area contributed by atoms with Crippen molar-refractivity contribution in [2.24, 2.45) is 0 Å². The van der Waals surface area contributed by atoms with E-state index < -0.39 is 23.5 Å². The van der Waals surface area contributed by atoms with E-state index in [2.05, 4.69) is 5.32 Å². The van der Waals surface area contributed by atoms with Gasteiger partial charge >= 0.3 is 11.6 Å². The van der Waals surface area contributed by atoms with Crippen molar-refractivity contribution in [1.82, 2.24) is 5.32 Å². The predicted octanol–water partition coefficient (Wildman–Crippen LogP) is 4.16. The average molecular weight is 413 g/mol. The summed E-state index contributed by atoms with van der Waals surface area (Å²) >= 11 is 0. The highest BCUT2D eigenvalue weighted by Crippen LogP contribution is 2.31. The van der Waals surface area contributed by atoms with Crippen LogP contribution >= 0.6 is 0 Å². The Labute approximate surface area is 174 Å². The maximum Gasteiger partial charge on any atom is 0.339 e. The van der Waals surface area contributed by atoms with E-state index in [-0.39, 0.29) is 12.8 Å². The first-order valence-electron chi connectivity index (χ1n) is 10.2. The Morgan fingerprint density at radius 3 is 2.40 bits per heavy atom. The van der Waals surface area contributed by atoms with E-state index in [9.17, 15) is 19.5 Å². The van der Waals surface area contributed by atoms with Crippen LogP contribution in [0.4, 0.5) is 0 Å². The molecule has 7 heteroatoms. The fraction of sp³-hybridized carbons (Fsp3) is 0.435. The van der Waals surface area contributed by atoms with Gasteiger partial charge in [0.15, 0.2) is 0 Å². The van der Waals surface area contributed by atoms with Crippen molar-refractivity contribution >= 4 is 33.8 Å². The van der Waals surface area contributed by atoms with Crippen molar-refractivity contribution < 1.29 is 23.5 Å². The molecule has 1 aromatic carbocycles. The molecule has 1 amide bonds. The number of hydrogen-bond donors (Lipinski definition) is 2. The fourth-order valence-corrected chi connectivity index (χ4v) is 3.68. The summed E-state index contributed by atoms with van der Waals surface area (Å²) in [6, 6.07) is 2.76. The minimum atomic E-state index is -1.05. The van der Waals surface area contributed by atoms with Crippen LogP contribution in [-0.2, 0) is 16.0 Å². The molecule has 160 valence electrons. The number of aliphatic carboxylic acids is 1. The number of carboxylic acid groups (broad SMARTS) is 1. The van der Waals surface area contributed by atoms with Crippen molar-refractivity contribution in [2.45, 2.75) is 65.8 Å². The van der Waals surface area contributed by atoms with Crippen LogP contribution in [-0.4, -0.2) is 23.0 Å². The number of carbonyl (C=O) groups is 2. The van der Waals surface area contributed by atoms with Gasteiger partial charge in [0.05, 0.1) is 0 Å². The molecule has 3 rings (SSSR count). The van der Waals surface area contributed by atoms with Crippen LogP contribution in [0.5, 0.6) is 0 Å². The summed E-state index contributed by atoms with van der Waals surface area (Å²) in [6.07, 6.45) is 2.14. The molecule has 2 aromatic heterocycles. The Morgan fingerprint density at radius 1 is 1.07 bits per heavy atom. The Balaban J connectivity index is 1.84. The van der Waals surface area contributed by atoms with Gasteiger partial charge in [0.2, 0.25) is 5.91 Å². The first kappa shape index (κ1) is 21.6. The number of amides is 1. The van der Waals surface area contributed by atoms with Crippen LogP contribution in [0.1, 0.15) is 55.1 Å². The normalized spacial score (nSPS) is 12.4. The summed E-state index contributed by atoms with van der Waals surface area (Å²) in [7, 11) is 0. The highest BCUT2D eigenvalue weighted by molar-refractivity contribution is 5.96. The van der Waals surface area contributed by atoms with Gasteiger partial charge in [-0.2, -0.15) is 0 Å². The fourth-order valence-electron chi connectivity index (χ4n) is 3.68. The van der Waals surface area contributed by atoms with Gasteiger partial charge in [-0.25, -0.2) is 9.59 Å². The van der Waals surface area contributed by atoms with E-state index in [1.807, 2.05) is 33.8 Å². The van der Waals surface area contributed by atoms with Crippen molar-refractivity contribution in [3.8, 4) is 0 Å². The Bertz CT molecular complexity index is 1170. The number of nitrogens with one attached hydrogen (secondary N) is 1. The van der Waals surface area contributed by atoms with Crippen molar-refractivity contribution in [2.75, 3.05) is 0 Å². The summed E-state index contributed by atoms with van der Waals surface area (Å²) in [5.41, 5.74) is 2.83. The van der Waals surface area contributed by atoms with Gasteiger partial charge in [0.1, 0.15) is 23.0 Å². The number of carboxylic acids is 1. The smallest absolute Gasteiger partial charge is 0.339 e. The summed E-state index contributed by atoms with van der Waals surface area (Å²) < 4.78 is 11.2. The van der Waals surface area contributed by atoms with Gasteiger partial charge in [0.25, 0.3) is 0 Å². The lowest BCUT2D eigenvalue weighted by molar-refractivity contribution is -0.142. The van der Waals surface area contributed by atoms with Crippen molar-refractivity contribution in [3.63, 3.8) is 0 Å². The molecule has 0 saturated heterocycles. The van der Waals surface area contributed by atoms with Crippen LogP contribution in [0.2, 0.25) is 0 Å². The molecular formula is C23H27NO6. The molecule has 0 aliphatic rings. The van der Waals surface area contributed by atoms with E-state index >= 15 is 0 Å². The number of benzene rings is 1. The highest BCUT2D eigenvalue weighted by atomic mass is 16.4. The van der Waals surface area contributed by atoms with E-state index in [0.717, 1.165) is 34.1 Å². The third-order valence-corrected chi connectivity index (χ3v) is 5.66. The maximum atomic E-state index is 12.5. The van der Waals surface area contributed by atoms with Gasteiger partial charge in [-0.05, 0) is 50.8 Å². The molecule has 0 aliphatic heterocycles. The first-order chi connectivity index (χ1) is 14.2. The number of carbonyl (C=O) groups excluding carboxylic acids is 1. The predicted molar refractivity (Wildman–Crippen MR) is 114 cm³/mol. The lowest BCUT2D eigenvalue weighted by Gasteiger charge is -2.14. The molecule has 0 saturated carbocycles. The molecule has 0 spiro atoms. The lowest BCUT2D eigenvalue weighted by atomic mass is 10.00. The van der Waals surface area contributed by atoms with E-state index in [0.29, 0.717) is 29.6 Å². The zero-order valence-corrected chi connectivity index (χ0v) is 17.8. The standard InChI is InChI=1S/C23H27NO6/c1-5-6-7-18(22(26)27)24-21(25)9-8-15-13(3)17-10-16-12(2)14(4)29-19(16)11-20(17)30-23(15)28/h10-11,18H,5-9H2,1-4H3,(H,24,25)(H,26,27). The average Bonchev–Trinajstić information content (AvgIpc) is 2.96. The van der Waals surface area contributed by atoms with Gasteiger partial charge in [-0.3, -0.25) is 4.79 Å². The van der Waals surface area contributed by atoms with Crippen LogP contribution in [0.25, 0.3) is 21.9 Å². The second-order valence-corrected chi connectivity index (χ2v) is 7.72. The molecular weight excluding hydrogens is 386 g/mol. The highest BCUT2D eigenvalue weighted by Gasteiger charge is 2.20. The number of fused-ring (bicyclic) bond motifs is 2. The largest absolute Gasteiger partial charge is 0.480 e. The third kappa shape index (κ3) is 4.25. The molecule has 1 unspecified atom stereocenters. The number of aryl methyl sites for hydroxylation is 3. The van der Waals surface area contributed by atoms with E-state index in [1.165, 1.54) is 0 Å². The molecule has 1 atom stereocenters. The van der Waals surface area contributed by atoms with Gasteiger partial charge < -0.3 is 19.3 Å². The lowest BCUT2D eigenvalue weighted by Crippen LogP contribution is -2.40. The molecule has 0 fully saturated rings. The summed E-state index contributed by atoms with van der Waals surface area (Å²) in [5, 5.41) is 13.6. The molecule has 0 aliphatic carbocycles. The second kappa shape index (κ2) is 8.73. The van der Waals surface area contributed by atoms with Gasteiger partial charge in [0, 0.05) is 28.8 Å². The van der Waals surface area contributed by atoms with Crippen LogP contribution in [0.15, 0.2) is 25.8 Å². The Hall–Kier alpha value is -3.09. The summed E-state index contributed by atoms with van der Waals surface area (Å²) in [6.45, 7) is 7.66. The molecule has 0 radical (unpaired) electrons. The van der Waals surface area contributed by atoms with E-state index in [1.54, 1.807) is 6.07 Å². The zero-order valence-electron chi connectivity index (χ0n) is 17.8. The second-order valence-electron chi connectivity index (χ2n) is 7.72. The topological polar surface area (TPSA) is 110 Å². The quantitative estimate of drug-likeness (QED) is 0.537. The molecule has 2 N–H and O–H groups in total. The molecule has 2 heterocycles. The number of unbranched alkanes of at least 4 members (excludes halogenated alkanes) is 1. The number of furan rings is 1. The van der Waals surface area contributed by atoms with E-state index in [4.69, 9.17) is 8.83 Å². The summed E-state index contributed by atoms with van der Waals surface area (Å²) in [4.78, 5) is 36.1. The third-order valence-electron chi connectivity index (χ3n) is 5.66. The number of hydrogen-bond acceptors (Lipinski definition) is 5. The Kier molecular flexibility index (Phi) is 6.29. The van der Waals surface area contributed by atoms with Gasteiger partial charge in [-0.15, -0.1) is 0 Å². The molecule has 3 aromatic rings. The van der Waals surface area contributed by atoms with Crippen LogP contribution in [0, 0.1) is 20.8 Å². The van der Waals surface area contributed by atoms with Gasteiger partial charge in [-0.1, -0.05) is 19.8 Å². The van der Waals surface area contributed by atoms with Crippen LogP contribution in [0.3, 0.4) is 0 Å². The van der Waals surface area contributed by atoms with Crippen molar-refractivity contribution in [3.05, 3.63) is 45.0 Å². The SMILES string of the molecule is CCCCC(NC(=O)CCc1c(C)c2cc3c(C)c(C)oc3cc2oc1=O)C(=O)O. The minimum Gasteiger partial charge on any atom is -0.480 e. The minimum absolute atomic E-state index is 0.0130. The summed E-state index contributed by atoms with van der Waals surface area (Å²) in [5.74, 6) is -0.629. The molecule has 30 heavy (non-hydrogen) atoms. The maximum absolute atomic E-state index is 12.5. The molecule has 0 bridgehead atoms. The Morgan fingerprint density at radius 2 is 1.73 bits per heavy atom. The zero-order chi connectivity index (χ0) is 22.0. The number of rotatable bonds is 8.